The fourth-order valence-electron chi connectivity index (χ4n) is 3.78. The summed E-state index contributed by atoms with van der Waals surface area (Å²) < 4.78 is 32.2. The van der Waals surface area contributed by atoms with E-state index < -0.39 is 10.0 Å². The fraction of sp³-hybridized carbons (Fsp3) is 0.269. The van der Waals surface area contributed by atoms with Crippen LogP contribution >= 0.6 is 0 Å². The first kappa shape index (κ1) is 23.9. The van der Waals surface area contributed by atoms with Crippen LogP contribution in [0.5, 0.6) is 0 Å². The van der Waals surface area contributed by atoms with E-state index in [1.165, 1.54) is 16.9 Å². The lowest BCUT2D eigenvalue weighted by molar-refractivity contribution is 0.0342. The molecule has 0 saturated carbocycles. The molecule has 0 spiro atoms. The SMILES string of the molecule is CN(c1ccc(C(=O)NCc2ccc(CN3CCOCC3)cc2)cc1)S(=O)(=O)c1ccccc1. The molecule has 1 heterocycles. The molecule has 0 unspecified atom stereocenters. The molecular weight excluding hydrogens is 450 g/mol. The number of sulfonamides is 1. The number of hydrogen-bond donors (Lipinski definition) is 1. The molecule has 0 aliphatic carbocycles. The monoisotopic (exact) mass is 479 g/mol. The van der Waals surface area contributed by atoms with Crippen molar-refractivity contribution in [1.29, 1.82) is 0 Å². The van der Waals surface area contributed by atoms with E-state index in [2.05, 4.69) is 22.3 Å². The summed E-state index contributed by atoms with van der Waals surface area (Å²) in [6.07, 6.45) is 0. The van der Waals surface area contributed by atoms with Crippen LogP contribution in [0.25, 0.3) is 0 Å². The highest BCUT2D eigenvalue weighted by molar-refractivity contribution is 7.92. The summed E-state index contributed by atoms with van der Waals surface area (Å²) in [5, 5.41) is 2.92. The molecule has 178 valence electrons. The molecule has 4 rings (SSSR count). The fourth-order valence-corrected chi connectivity index (χ4v) is 4.99. The summed E-state index contributed by atoms with van der Waals surface area (Å²) in [5.74, 6) is -0.211. The van der Waals surface area contributed by atoms with Crippen LogP contribution in [0.15, 0.2) is 83.8 Å². The molecule has 0 radical (unpaired) electrons. The summed E-state index contributed by atoms with van der Waals surface area (Å²) >= 11 is 0. The maximum atomic E-state index is 12.8. The van der Waals surface area contributed by atoms with Gasteiger partial charge in [-0.2, -0.15) is 0 Å². The van der Waals surface area contributed by atoms with Crippen LogP contribution in [0, 0.1) is 0 Å². The van der Waals surface area contributed by atoms with E-state index in [1.54, 1.807) is 54.6 Å². The van der Waals surface area contributed by atoms with E-state index in [1.807, 2.05) is 12.1 Å². The van der Waals surface area contributed by atoms with Crippen molar-refractivity contribution < 1.29 is 17.9 Å². The van der Waals surface area contributed by atoms with Gasteiger partial charge >= 0.3 is 0 Å². The predicted molar refractivity (Wildman–Crippen MR) is 132 cm³/mol. The summed E-state index contributed by atoms with van der Waals surface area (Å²) in [6, 6.07) is 23.0. The molecule has 1 fully saturated rings. The van der Waals surface area contributed by atoms with Gasteiger partial charge in [0.2, 0.25) is 0 Å². The smallest absolute Gasteiger partial charge is 0.264 e. The van der Waals surface area contributed by atoms with Crippen molar-refractivity contribution in [3.05, 3.63) is 95.6 Å². The molecule has 1 aliphatic heterocycles. The predicted octanol–water partition coefficient (Wildman–Crippen LogP) is 3.27. The van der Waals surface area contributed by atoms with Gasteiger partial charge in [0.15, 0.2) is 0 Å². The Morgan fingerprint density at radius 3 is 2.18 bits per heavy atom. The molecule has 3 aromatic carbocycles. The van der Waals surface area contributed by atoms with Crippen LogP contribution in [0.1, 0.15) is 21.5 Å². The third-order valence-corrected chi connectivity index (χ3v) is 7.68. The minimum Gasteiger partial charge on any atom is -0.379 e. The van der Waals surface area contributed by atoms with Crippen LogP contribution in [0.2, 0.25) is 0 Å². The van der Waals surface area contributed by atoms with E-state index in [0.717, 1.165) is 38.4 Å². The van der Waals surface area contributed by atoms with Gasteiger partial charge in [-0.15, -0.1) is 0 Å². The Labute approximate surface area is 201 Å². The molecule has 0 aromatic heterocycles. The minimum absolute atomic E-state index is 0.211. The number of hydrogen-bond acceptors (Lipinski definition) is 5. The zero-order chi connectivity index (χ0) is 24.0. The number of benzene rings is 3. The molecule has 7 nitrogen and oxygen atoms in total. The number of amides is 1. The number of rotatable bonds is 8. The summed E-state index contributed by atoms with van der Waals surface area (Å²) in [5.41, 5.74) is 3.21. The second-order valence-corrected chi connectivity index (χ2v) is 10.2. The Balaban J connectivity index is 1.32. The van der Waals surface area contributed by atoms with Gasteiger partial charge in [0.25, 0.3) is 15.9 Å². The van der Waals surface area contributed by atoms with Crippen molar-refractivity contribution in [3.8, 4) is 0 Å². The lowest BCUT2D eigenvalue weighted by Gasteiger charge is -2.26. The van der Waals surface area contributed by atoms with Gasteiger partial charge in [-0.05, 0) is 47.5 Å². The summed E-state index contributed by atoms with van der Waals surface area (Å²) in [7, 11) is -2.16. The highest BCUT2D eigenvalue weighted by Crippen LogP contribution is 2.22. The second-order valence-electron chi connectivity index (χ2n) is 8.22. The highest BCUT2D eigenvalue weighted by atomic mass is 32.2. The first-order valence-electron chi connectivity index (χ1n) is 11.2. The van der Waals surface area contributed by atoms with Crippen LogP contribution < -0.4 is 9.62 Å². The Morgan fingerprint density at radius 2 is 1.53 bits per heavy atom. The molecule has 1 aliphatic rings. The first-order chi connectivity index (χ1) is 16.4. The van der Waals surface area contributed by atoms with Crippen molar-refractivity contribution in [2.75, 3.05) is 37.7 Å². The molecule has 0 atom stereocenters. The Morgan fingerprint density at radius 1 is 0.912 bits per heavy atom. The van der Waals surface area contributed by atoms with E-state index in [9.17, 15) is 13.2 Å². The largest absolute Gasteiger partial charge is 0.379 e. The lowest BCUT2D eigenvalue weighted by atomic mass is 10.1. The third-order valence-electron chi connectivity index (χ3n) is 5.88. The summed E-state index contributed by atoms with van der Waals surface area (Å²) in [4.78, 5) is 15.2. The molecular formula is C26H29N3O4S. The summed E-state index contributed by atoms with van der Waals surface area (Å²) in [6.45, 7) is 4.78. The van der Waals surface area contributed by atoms with Gasteiger partial charge in [0, 0.05) is 38.8 Å². The Hall–Kier alpha value is -3.20. The number of carbonyl (C=O) groups excluding carboxylic acids is 1. The maximum absolute atomic E-state index is 12.8. The van der Waals surface area contributed by atoms with Gasteiger partial charge in [-0.1, -0.05) is 42.5 Å². The third kappa shape index (κ3) is 5.83. The molecule has 1 amide bonds. The quantitative estimate of drug-likeness (QED) is 0.537. The average Bonchev–Trinajstić information content (AvgIpc) is 2.89. The maximum Gasteiger partial charge on any atom is 0.264 e. The number of nitrogens with one attached hydrogen (secondary N) is 1. The topological polar surface area (TPSA) is 79.0 Å². The zero-order valence-electron chi connectivity index (χ0n) is 19.2. The van der Waals surface area contributed by atoms with E-state index in [0.29, 0.717) is 17.8 Å². The van der Waals surface area contributed by atoms with Gasteiger partial charge in [0.1, 0.15) is 0 Å². The lowest BCUT2D eigenvalue weighted by Crippen LogP contribution is -2.35. The number of carbonyl (C=O) groups is 1. The van der Waals surface area contributed by atoms with E-state index >= 15 is 0 Å². The Bertz CT molecular complexity index is 1190. The van der Waals surface area contributed by atoms with E-state index in [4.69, 9.17) is 4.74 Å². The minimum atomic E-state index is -3.66. The van der Waals surface area contributed by atoms with Crippen molar-refractivity contribution in [1.82, 2.24) is 10.2 Å². The number of morpholine rings is 1. The molecule has 0 bridgehead atoms. The molecule has 1 N–H and O–H groups in total. The van der Waals surface area contributed by atoms with Gasteiger partial charge in [-0.25, -0.2) is 8.42 Å². The van der Waals surface area contributed by atoms with Crippen molar-refractivity contribution in [2.45, 2.75) is 18.0 Å². The molecule has 34 heavy (non-hydrogen) atoms. The van der Waals surface area contributed by atoms with Crippen LogP contribution in [-0.4, -0.2) is 52.6 Å². The van der Waals surface area contributed by atoms with E-state index in [-0.39, 0.29) is 10.8 Å². The number of anilines is 1. The normalized spacial score (nSPS) is 14.5. The zero-order valence-corrected chi connectivity index (χ0v) is 20.0. The van der Waals surface area contributed by atoms with Crippen LogP contribution in [0.4, 0.5) is 5.69 Å². The van der Waals surface area contributed by atoms with Gasteiger partial charge < -0.3 is 10.1 Å². The molecule has 3 aromatic rings. The molecule has 8 heteroatoms. The first-order valence-corrected chi connectivity index (χ1v) is 12.7. The van der Waals surface area contributed by atoms with Crippen molar-refractivity contribution in [2.24, 2.45) is 0 Å². The standard InChI is InChI=1S/C26H29N3O4S/c1-28(34(31,32)25-5-3-2-4-6-25)24-13-11-23(12-14-24)26(30)27-19-21-7-9-22(10-8-21)20-29-15-17-33-18-16-29/h2-14H,15-20H2,1H3,(H,27,30). The van der Waals surface area contributed by atoms with Crippen LogP contribution in [-0.2, 0) is 27.8 Å². The number of ether oxygens (including phenoxy) is 1. The van der Waals surface area contributed by atoms with Crippen LogP contribution in [0.3, 0.4) is 0 Å². The van der Waals surface area contributed by atoms with Gasteiger partial charge in [0.05, 0.1) is 23.8 Å². The van der Waals surface area contributed by atoms with Crippen molar-refractivity contribution >= 4 is 21.6 Å². The second kappa shape index (κ2) is 10.8. The van der Waals surface area contributed by atoms with Gasteiger partial charge in [-0.3, -0.25) is 14.0 Å². The molecule has 1 saturated heterocycles. The van der Waals surface area contributed by atoms with Crippen molar-refractivity contribution in [3.63, 3.8) is 0 Å². The highest BCUT2D eigenvalue weighted by Gasteiger charge is 2.21. The average molecular weight is 480 g/mol. The number of nitrogens with zero attached hydrogens (tertiary/aromatic N) is 2. The Kier molecular flexibility index (Phi) is 7.62.